The van der Waals surface area contributed by atoms with Gasteiger partial charge in [-0.15, -0.1) is 10.2 Å². The van der Waals surface area contributed by atoms with Crippen LogP contribution in [0.5, 0.6) is 0 Å². The molecule has 0 bridgehead atoms. The second-order valence-corrected chi connectivity index (χ2v) is 9.41. The van der Waals surface area contributed by atoms with Gasteiger partial charge in [0.2, 0.25) is 10.0 Å². The molecule has 1 aliphatic carbocycles. The van der Waals surface area contributed by atoms with Crippen LogP contribution in [-0.4, -0.2) is 45.1 Å². The van der Waals surface area contributed by atoms with Crippen molar-refractivity contribution in [2.24, 2.45) is 0 Å². The number of hydrogen-bond acceptors (Lipinski definition) is 7. The smallest absolute Gasteiger partial charge is 0.291 e. The molecule has 0 unspecified atom stereocenters. The van der Waals surface area contributed by atoms with E-state index in [0.717, 1.165) is 12.8 Å². The van der Waals surface area contributed by atoms with Gasteiger partial charge in [-0.2, -0.15) is 0 Å². The first-order chi connectivity index (χ1) is 13.6. The summed E-state index contributed by atoms with van der Waals surface area (Å²) in [5.41, 5.74) is 0.0151. The van der Waals surface area contributed by atoms with Crippen molar-refractivity contribution in [3.8, 4) is 10.8 Å². The van der Waals surface area contributed by atoms with E-state index in [1.165, 1.54) is 22.7 Å². The van der Waals surface area contributed by atoms with E-state index in [1.54, 1.807) is 0 Å². The van der Waals surface area contributed by atoms with E-state index in [9.17, 15) is 17.2 Å². The van der Waals surface area contributed by atoms with Gasteiger partial charge >= 0.3 is 0 Å². The summed E-state index contributed by atoms with van der Waals surface area (Å²) in [7, 11) is -3.74. The quantitative estimate of drug-likeness (QED) is 0.554. The van der Waals surface area contributed by atoms with Gasteiger partial charge in [-0.1, -0.05) is 22.9 Å². The highest BCUT2D eigenvalue weighted by atomic mass is 35.5. The maximum atomic E-state index is 12.8. The van der Waals surface area contributed by atoms with Crippen molar-refractivity contribution in [3.63, 3.8) is 0 Å². The first-order valence-corrected chi connectivity index (χ1v) is 10.7. The third-order valence-electron chi connectivity index (χ3n) is 4.07. The highest BCUT2D eigenvalue weighted by Gasteiger charge is 2.41. The molecule has 0 atom stereocenters. The molecule has 14 heteroatoms. The largest absolute Gasteiger partial charge is 0.483 e. The Balaban J connectivity index is 0.000000755. The number of alkyl halides is 2. The number of sulfonamides is 1. The molecule has 3 heterocycles. The second kappa shape index (κ2) is 7.89. The number of fused-ring (bicyclic) bond motifs is 1. The summed E-state index contributed by atoms with van der Waals surface area (Å²) in [4.78, 5) is 12.5. The third-order valence-corrected chi connectivity index (χ3v) is 6.90. The molecule has 0 spiro atoms. The van der Waals surface area contributed by atoms with Crippen LogP contribution in [0.25, 0.3) is 16.3 Å². The zero-order valence-electron chi connectivity index (χ0n) is 14.7. The number of imidazole rings is 1. The van der Waals surface area contributed by atoms with Crippen LogP contribution in [0, 0.1) is 0 Å². The molecule has 3 aromatic heterocycles. The van der Waals surface area contributed by atoms with Crippen LogP contribution < -0.4 is 4.72 Å². The zero-order chi connectivity index (χ0) is 21.4. The van der Waals surface area contributed by atoms with Gasteiger partial charge in [0, 0.05) is 11.7 Å². The fourth-order valence-electron chi connectivity index (χ4n) is 2.42. The van der Waals surface area contributed by atoms with E-state index in [-0.39, 0.29) is 27.4 Å². The standard InChI is InChI=1S/C14H12ClF2N5O2S2.CH2O2/c1-14(4-5-14)21-26(23,24)7-2-3-8-9(15)18-11(22(8)6-7)13-20-19-12(25-13)10(16)17;2-1-3/h2-3,6,10,21H,4-5H2,1H3;1H,(H,2,3). The van der Waals surface area contributed by atoms with Gasteiger partial charge in [-0.3, -0.25) is 9.20 Å². The van der Waals surface area contributed by atoms with Crippen molar-refractivity contribution in [2.45, 2.75) is 36.6 Å². The molecule has 156 valence electrons. The number of hydrogen-bond donors (Lipinski definition) is 2. The van der Waals surface area contributed by atoms with Crippen LogP contribution in [0.1, 0.15) is 31.2 Å². The van der Waals surface area contributed by atoms with Crippen LogP contribution in [0.4, 0.5) is 8.78 Å². The molecule has 4 rings (SSSR count). The molecule has 29 heavy (non-hydrogen) atoms. The lowest BCUT2D eigenvalue weighted by atomic mass is 10.4. The summed E-state index contributed by atoms with van der Waals surface area (Å²) in [6.07, 6.45) is 0.152. The molecule has 3 aromatic rings. The van der Waals surface area contributed by atoms with Gasteiger partial charge in [0.15, 0.2) is 21.0 Å². The molecule has 1 aliphatic rings. The van der Waals surface area contributed by atoms with Gasteiger partial charge in [0.05, 0.1) is 10.4 Å². The highest BCUT2D eigenvalue weighted by Crippen LogP contribution is 2.36. The lowest BCUT2D eigenvalue weighted by Crippen LogP contribution is -2.34. The minimum Gasteiger partial charge on any atom is -0.483 e. The number of aromatic nitrogens is 4. The van der Waals surface area contributed by atoms with Gasteiger partial charge in [0.1, 0.15) is 0 Å². The Morgan fingerprint density at radius 3 is 2.59 bits per heavy atom. The van der Waals surface area contributed by atoms with Crippen LogP contribution in [-0.2, 0) is 14.8 Å². The van der Waals surface area contributed by atoms with E-state index < -0.39 is 27.0 Å². The van der Waals surface area contributed by atoms with E-state index in [2.05, 4.69) is 19.9 Å². The summed E-state index contributed by atoms with van der Waals surface area (Å²) >= 11 is 6.77. The molecule has 9 nitrogen and oxygen atoms in total. The Morgan fingerprint density at radius 2 is 2.03 bits per heavy atom. The van der Waals surface area contributed by atoms with Crippen molar-refractivity contribution in [1.29, 1.82) is 0 Å². The Hall–Kier alpha value is -2.22. The summed E-state index contributed by atoms with van der Waals surface area (Å²) in [5, 5.41) is 13.8. The fraction of sp³-hybridized carbons (Fsp3) is 0.333. The molecule has 0 saturated heterocycles. The minimum absolute atomic E-state index is 0.0204. The normalized spacial score (nSPS) is 15.2. The van der Waals surface area contributed by atoms with Gasteiger partial charge in [-0.05, 0) is 31.9 Å². The summed E-state index contributed by atoms with van der Waals surface area (Å²) in [6.45, 7) is 1.58. The Kier molecular flexibility index (Phi) is 5.85. The average Bonchev–Trinajstić information content (AvgIpc) is 3.07. The number of rotatable bonds is 5. The molecule has 0 amide bonds. The maximum Gasteiger partial charge on any atom is 0.291 e. The SMILES string of the molecule is CC1(NS(=O)(=O)c2ccc3c(Cl)nc(-c4nnc(C(F)F)s4)n3c2)CC1.O=CO. The molecule has 2 N–H and O–H groups in total. The summed E-state index contributed by atoms with van der Waals surface area (Å²) < 4.78 is 54.8. The molecule has 1 saturated carbocycles. The van der Waals surface area contributed by atoms with E-state index in [4.69, 9.17) is 21.5 Å². The van der Waals surface area contributed by atoms with Gasteiger partial charge < -0.3 is 5.11 Å². The predicted molar refractivity (Wildman–Crippen MR) is 101 cm³/mol. The maximum absolute atomic E-state index is 12.8. The lowest BCUT2D eigenvalue weighted by molar-refractivity contribution is -0.122. The lowest BCUT2D eigenvalue weighted by Gasteiger charge is -2.12. The Bertz CT molecular complexity index is 1160. The number of carboxylic acid groups (broad SMARTS) is 1. The van der Waals surface area contributed by atoms with Crippen molar-refractivity contribution in [1.82, 2.24) is 24.3 Å². The second-order valence-electron chi connectivity index (χ2n) is 6.36. The van der Waals surface area contributed by atoms with Gasteiger partial charge in [0.25, 0.3) is 12.9 Å². The van der Waals surface area contributed by atoms with Gasteiger partial charge in [-0.25, -0.2) is 26.9 Å². The summed E-state index contributed by atoms with van der Waals surface area (Å²) in [5.74, 6) is 0.157. The minimum atomic E-state index is -3.74. The zero-order valence-corrected chi connectivity index (χ0v) is 17.1. The Morgan fingerprint density at radius 1 is 1.38 bits per heavy atom. The van der Waals surface area contributed by atoms with Crippen molar-refractivity contribution < 1.29 is 27.1 Å². The van der Waals surface area contributed by atoms with Crippen molar-refractivity contribution in [3.05, 3.63) is 28.5 Å². The van der Waals surface area contributed by atoms with Crippen molar-refractivity contribution >= 4 is 44.9 Å². The number of carbonyl (C=O) groups is 1. The molecular weight excluding hydrogens is 452 g/mol. The average molecular weight is 466 g/mol. The Labute approximate surface area is 172 Å². The molecule has 0 aliphatic heterocycles. The number of nitrogens with one attached hydrogen (secondary N) is 1. The molecular formula is C15H14ClF2N5O4S2. The number of halogens is 3. The summed E-state index contributed by atoms with van der Waals surface area (Å²) in [6, 6.07) is 2.93. The first-order valence-electron chi connectivity index (χ1n) is 8.01. The molecule has 0 radical (unpaired) electrons. The van der Waals surface area contributed by atoms with Crippen LogP contribution in [0.3, 0.4) is 0 Å². The monoisotopic (exact) mass is 465 g/mol. The van der Waals surface area contributed by atoms with Crippen molar-refractivity contribution in [2.75, 3.05) is 0 Å². The first kappa shape index (κ1) is 21.5. The third kappa shape index (κ3) is 4.52. The topological polar surface area (TPSA) is 127 Å². The van der Waals surface area contributed by atoms with E-state index in [1.807, 2.05) is 6.92 Å². The molecule has 0 aromatic carbocycles. The van der Waals surface area contributed by atoms with E-state index in [0.29, 0.717) is 16.9 Å². The fourth-order valence-corrected chi connectivity index (χ4v) is 4.81. The van der Waals surface area contributed by atoms with Crippen LogP contribution >= 0.6 is 22.9 Å². The van der Waals surface area contributed by atoms with Crippen LogP contribution in [0.15, 0.2) is 23.2 Å². The molecule has 1 fully saturated rings. The van der Waals surface area contributed by atoms with E-state index >= 15 is 0 Å². The highest BCUT2D eigenvalue weighted by molar-refractivity contribution is 7.89. The van der Waals surface area contributed by atoms with Crippen LogP contribution in [0.2, 0.25) is 5.15 Å². The number of pyridine rings is 1. The predicted octanol–water partition coefficient (Wildman–Crippen LogP) is 2.98. The number of nitrogens with zero attached hydrogens (tertiary/aromatic N) is 4.